The second-order valence-electron chi connectivity index (χ2n) is 2.68. The molecule has 0 amide bonds. The van der Waals surface area contributed by atoms with Gasteiger partial charge in [0.25, 0.3) is 0 Å². The topological polar surface area (TPSA) is 20.3 Å². The zero-order valence-electron chi connectivity index (χ0n) is 7.85. The van der Waals surface area contributed by atoms with Crippen molar-refractivity contribution in [1.82, 2.24) is 4.90 Å². The quantitative estimate of drug-likeness (QED) is 0.504. The first kappa shape index (κ1) is 17.2. The SMILES string of the molecule is Cl.O=C(Cl)CCCN(CCCl)CCCl. The highest BCUT2D eigenvalue weighted by Crippen LogP contribution is 1.99. The van der Waals surface area contributed by atoms with E-state index in [1.165, 1.54) is 0 Å². The number of carbonyl (C=O) groups excluding carboxylic acids is 1. The minimum Gasteiger partial charge on any atom is -0.301 e. The van der Waals surface area contributed by atoms with E-state index >= 15 is 0 Å². The van der Waals surface area contributed by atoms with E-state index in [0.717, 1.165) is 26.1 Å². The number of hydrogen-bond acceptors (Lipinski definition) is 2. The monoisotopic (exact) mass is 281 g/mol. The molecule has 0 saturated heterocycles. The van der Waals surface area contributed by atoms with Crippen LogP contribution in [0.25, 0.3) is 0 Å². The van der Waals surface area contributed by atoms with Gasteiger partial charge in [-0.1, -0.05) is 0 Å². The zero-order chi connectivity index (χ0) is 10.1. The van der Waals surface area contributed by atoms with E-state index in [4.69, 9.17) is 34.8 Å². The highest BCUT2D eigenvalue weighted by Gasteiger charge is 2.04. The largest absolute Gasteiger partial charge is 0.301 e. The summed E-state index contributed by atoms with van der Waals surface area (Å²) in [6.07, 6.45) is 1.19. The van der Waals surface area contributed by atoms with Gasteiger partial charge in [0.1, 0.15) is 0 Å². The fourth-order valence-corrected chi connectivity index (χ4v) is 1.63. The van der Waals surface area contributed by atoms with Crippen LogP contribution in [0.15, 0.2) is 0 Å². The summed E-state index contributed by atoms with van der Waals surface area (Å²) < 4.78 is 0. The molecule has 14 heavy (non-hydrogen) atoms. The van der Waals surface area contributed by atoms with Crippen LogP contribution in [0.3, 0.4) is 0 Å². The maximum Gasteiger partial charge on any atom is 0.221 e. The van der Waals surface area contributed by atoms with Gasteiger partial charge >= 0.3 is 0 Å². The standard InChI is InChI=1S/C8H14Cl3NO.ClH/c9-3-6-12(7-4-10)5-1-2-8(11)13;/h1-7H2;1H. The Morgan fingerprint density at radius 3 is 1.93 bits per heavy atom. The molecule has 0 aliphatic rings. The first-order valence-electron chi connectivity index (χ1n) is 4.23. The molecule has 0 unspecified atom stereocenters. The lowest BCUT2D eigenvalue weighted by Gasteiger charge is -2.19. The Bertz CT molecular complexity index is 139. The first-order valence-corrected chi connectivity index (χ1v) is 5.68. The number of carbonyl (C=O) groups is 1. The minimum atomic E-state index is -0.281. The molecule has 0 saturated carbocycles. The van der Waals surface area contributed by atoms with E-state index in [1.807, 2.05) is 0 Å². The molecule has 0 aliphatic carbocycles. The maximum atomic E-state index is 10.4. The molecular weight excluding hydrogens is 268 g/mol. The van der Waals surface area contributed by atoms with Crippen LogP contribution >= 0.6 is 47.2 Å². The van der Waals surface area contributed by atoms with E-state index < -0.39 is 0 Å². The second-order valence-corrected chi connectivity index (χ2v) is 3.86. The van der Waals surface area contributed by atoms with Crippen LogP contribution in [0.1, 0.15) is 12.8 Å². The Labute approximate surface area is 106 Å². The van der Waals surface area contributed by atoms with Gasteiger partial charge in [-0.05, 0) is 24.6 Å². The van der Waals surface area contributed by atoms with Crippen molar-refractivity contribution in [2.24, 2.45) is 0 Å². The Kier molecular flexibility index (Phi) is 14.6. The summed E-state index contributed by atoms with van der Waals surface area (Å²) in [4.78, 5) is 12.6. The molecule has 0 N–H and O–H groups in total. The van der Waals surface area contributed by atoms with Crippen LogP contribution in [0.4, 0.5) is 0 Å². The minimum absolute atomic E-state index is 0. The van der Waals surface area contributed by atoms with Crippen LogP contribution in [-0.2, 0) is 4.79 Å². The number of nitrogens with zero attached hydrogens (tertiary/aromatic N) is 1. The van der Waals surface area contributed by atoms with Crippen molar-refractivity contribution in [2.75, 3.05) is 31.4 Å². The zero-order valence-corrected chi connectivity index (χ0v) is 10.9. The van der Waals surface area contributed by atoms with Gasteiger partial charge in [0, 0.05) is 31.3 Å². The Hall–Kier alpha value is 0.790. The molecular formula is C8H15Cl4NO. The lowest BCUT2D eigenvalue weighted by Crippen LogP contribution is -2.29. The van der Waals surface area contributed by atoms with Crippen LogP contribution in [0, 0.1) is 0 Å². The smallest absolute Gasteiger partial charge is 0.221 e. The van der Waals surface area contributed by atoms with E-state index in [0.29, 0.717) is 18.2 Å². The van der Waals surface area contributed by atoms with Crippen molar-refractivity contribution in [3.63, 3.8) is 0 Å². The molecule has 0 spiro atoms. The molecule has 0 aliphatic heterocycles. The Morgan fingerprint density at radius 2 is 1.57 bits per heavy atom. The summed E-state index contributed by atoms with van der Waals surface area (Å²) in [5, 5.41) is -0.281. The number of alkyl halides is 2. The van der Waals surface area contributed by atoms with E-state index in [9.17, 15) is 4.79 Å². The van der Waals surface area contributed by atoms with E-state index in [-0.39, 0.29) is 17.6 Å². The van der Waals surface area contributed by atoms with Gasteiger partial charge in [-0.15, -0.1) is 35.6 Å². The molecule has 0 aromatic carbocycles. The summed E-state index contributed by atoms with van der Waals surface area (Å²) in [5.41, 5.74) is 0. The van der Waals surface area contributed by atoms with Crippen molar-refractivity contribution in [3.05, 3.63) is 0 Å². The van der Waals surface area contributed by atoms with E-state index in [2.05, 4.69) is 4.90 Å². The molecule has 0 fully saturated rings. The van der Waals surface area contributed by atoms with Gasteiger partial charge in [-0.25, -0.2) is 0 Å². The fourth-order valence-electron chi connectivity index (χ4n) is 1.02. The predicted octanol–water partition coefficient (Wildman–Crippen LogP) is 2.73. The third kappa shape index (κ3) is 10.9. The molecule has 0 aromatic rings. The average Bonchev–Trinajstić information content (AvgIpc) is 2.04. The summed E-state index contributed by atoms with van der Waals surface area (Å²) in [7, 11) is 0. The van der Waals surface area contributed by atoms with Gasteiger partial charge in [-0.3, -0.25) is 4.79 Å². The summed E-state index contributed by atoms with van der Waals surface area (Å²) in [5.74, 6) is 1.18. The first-order chi connectivity index (χ1) is 6.20. The third-order valence-electron chi connectivity index (χ3n) is 1.65. The second kappa shape index (κ2) is 11.9. The summed E-state index contributed by atoms with van der Waals surface area (Å²) >= 11 is 16.4. The number of hydrogen-bond donors (Lipinski definition) is 0. The molecule has 0 bridgehead atoms. The van der Waals surface area contributed by atoms with Crippen LogP contribution in [-0.4, -0.2) is 41.5 Å². The van der Waals surface area contributed by atoms with Crippen molar-refractivity contribution in [2.45, 2.75) is 12.8 Å². The highest BCUT2D eigenvalue weighted by atomic mass is 35.5. The molecule has 0 rings (SSSR count). The number of halogens is 4. The van der Waals surface area contributed by atoms with E-state index in [1.54, 1.807) is 0 Å². The third-order valence-corrected chi connectivity index (χ3v) is 2.18. The van der Waals surface area contributed by atoms with Crippen LogP contribution in [0.2, 0.25) is 0 Å². The Morgan fingerprint density at radius 1 is 1.07 bits per heavy atom. The van der Waals surface area contributed by atoms with Crippen molar-refractivity contribution < 1.29 is 4.79 Å². The number of rotatable bonds is 8. The van der Waals surface area contributed by atoms with Gasteiger partial charge in [0.05, 0.1) is 0 Å². The lowest BCUT2D eigenvalue weighted by molar-refractivity contribution is -0.111. The lowest BCUT2D eigenvalue weighted by atomic mass is 10.3. The van der Waals surface area contributed by atoms with Crippen LogP contribution < -0.4 is 0 Å². The molecule has 0 radical (unpaired) electrons. The van der Waals surface area contributed by atoms with Gasteiger partial charge in [-0.2, -0.15) is 0 Å². The highest BCUT2D eigenvalue weighted by molar-refractivity contribution is 6.63. The molecule has 6 heteroatoms. The van der Waals surface area contributed by atoms with Gasteiger partial charge < -0.3 is 4.90 Å². The molecule has 2 nitrogen and oxygen atoms in total. The predicted molar refractivity (Wildman–Crippen MR) is 65.2 cm³/mol. The van der Waals surface area contributed by atoms with Crippen LogP contribution in [0.5, 0.6) is 0 Å². The Balaban J connectivity index is 0. The average molecular weight is 283 g/mol. The van der Waals surface area contributed by atoms with Crippen molar-refractivity contribution in [3.8, 4) is 0 Å². The normalized spacial score (nSPS) is 10.0. The van der Waals surface area contributed by atoms with Crippen molar-refractivity contribution >= 4 is 52.5 Å². The fraction of sp³-hybridized carbons (Fsp3) is 0.875. The molecule has 0 heterocycles. The van der Waals surface area contributed by atoms with Gasteiger partial charge in [0.15, 0.2) is 0 Å². The molecule has 86 valence electrons. The van der Waals surface area contributed by atoms with Gasteiger partial charge in [0.2, 0.25) is 5.24 Å². The summed E-state index contributed by atoms with van der Waals surface area (Å²) in [6.45, 7) is 2.45. The summed E-state index contributed by atoms with van der Waals surface area (Å²) in [6, 6.07) is 0. The molecule has 0 aromatic heterocycles. The molecule has 0 atom stereocenters. The maximum absolute atomic E-state index is 10.4. The van der Waals surface area contributed by atoms with Crippen molar-refractivity contribution in [1.29, 1.82) is 0 Å².